The number of piperidine rings is 1. The predicted molar refractivity (Wildman–Crippen MR) is 75.0 cm³/mol. The summed E-state index contributed by atoms with van der Waals surface area (Å²) in [7, 11) is 0. The number of pyridine rings is 1. The standard InChI is InChI=1S/C14H23N3O/c1-2-8-15-13-4-3-5-14(16-13)17-9-6-12(11-18)7-10-17/h3-5,12,18H,2,6-11H2,1H3,(H,15,16). The van der Waals surface area contributed by atoms with Crippen LogP contribution >= 0.6 is 0 Å². The van der Waals surface area contributed by atoms with Crippen molar-refractivity contribution in [2.45, 2.75) is 26.2 Å². The van der Waals surface area contributed by atoms with E-state index >= 15 is 0 Å². The highest BCUT2D eigenvalue weighted by Gasteiger charge is 2.19. The van der Waals surface area contributed by atoms with Crippen LogP contribution in [-0.2, 0) is 0 Å². The molecule has 18 heavy (non-hydrogen) atoms. The van der Waals surface area contributed by atoms with Gasteiger partial charge >= 0.3 is 0 Å². The number of aliphatic hydroxyl groups excluding tert-OH is 1. The number of rotatable bonds is 5. The van der Waals surface area contributed by atoms with E-state index in [1.807, 2.05) is 6.07 Å². The van der Waals surface area contributed by atoms with Gasteiger partial charge in [0.15, 0.2) is 0 Å². The molecular weight excluding hydrogens is 226 g/mol. The zero-order valence-corrected chi connectivity index (χ0v) is 11.1. The summed E-state index contributed by atoms with van der Waals surface area (Å²) in [5.74, 6) is 2.48. The smallest absolute Gasteiger partial charge is 0.130 e. The van der Waals surface area contributed by atoms with E-state index in [0.717, 1.165) is 50.5 Å². The maximum atomic E-state index is 9.14. The molecule has 1 saturated heterocycles. The number of nitrogens with one attached hydrogen (secondary N) is 1. The van der Waals surface area contributed by atoms with Crippen LogP contribution in [-0.4, -0.2) is 36.3 Å². The number of aliphatic hydroxyl groups is 1. The first-order valence-corrected chi connectivity index (χ1v) is 6.90. The van der Waals surface area contributed by atoms with Crippen molar-refractivity contribution in [2.75, 3.05) is 36.5 Å². The van der Waals surface area contributed by atoms with E-state index in [2.05, 4.69) is 34.3 Å². The SMILES string of the molecule is CCCNc1cccc(N2CCC(CO)CC2)n1. The Hall–Kier alpha value is -1.29. The molecule has 1 fully saturated rings. The Bertz CT molecular complexity index is 362. The van der Waals surface area contributed by atoms with Crippen LogP contribution in [0, 0.1) is 5.92 Å². The Labute approximate surface area is 109 Å². The largest absolute Gasteiger partial charge is 0.396 e. The van der Waals surface area contributed by atoms with Gasteiger partial charge < -0.3 is 15.3 Å². The van der Waals surface area contributed by atoms with Gasteiger partial charge in [-0.1, -0.05) is 13.0 Å². The minimum absolute atomic E-state index is 0.319. The summed E-state index contributed by atoms with van der Waals surface area (Å²) in [5, 5.41) is 12.5. The van der Waals surface area contributed by atoms with Crippen molar-refractivity contribution in [3.63, 3.8) is 0 Å². The highest BCUT2D eigenvalue weighted by molar-refractivity contribution is 5.47. The third-order valence-electron chi connectivity index (χ3n) is 3.49. The Morgan fingerprint density at radius 2 is 2.17 bits per heavy atom. The summed E-state index contributed by atoms with van der Waals surface area (Å²) in [6.07, 6.45) is 3.23. The number of aromatic nitrogens is 1. The highest BCUT2D eigenvalue weighted by Crippen LogP contribution is 2.22. The fourth-order valence-corrected chi connectivity index (χ4v) is 2.30. The van der Waals surface area contributed by atoms with E-state index < -0.39 is 0 Å². The van der Waals surface area contributed by atoms with E-state index in [1.54, 1.807) is 0 Å². The normalized spacial score (nSPS) is 16.9. The molecule has 0 amide bonds. The molecule has 0 aromatic carbocycles. The van der Waals surface area contributed by atoms with Gasteiger partial charge in [-0.05, 0) is 37.3 Å². The molecule has 100 valence electrons. The first-order chi connectivity index (χ1) is 8.83. The van der Waals surface area contributed by atoms with Crippen LogP contribution < -0.4 is 10.2 Å². The van der Waals surface area contributed by atoms with Crippen LogP contribution in [0.15, 0.2) is 18.2 Å². The third kappa shape index (κ3) is 3.35. The Morgan fingerprint density at radius 1 is 1.39 bits per heavy atom. The molecule has 0 bridgehead atoms. The molecule has 1 aliphatic rings. The Balaban J connectivity index is 1.96. The van der Waals surface area contributed by atoms with Crippen molar-refractivity contribution in [1.82, 2.24) is 4.98 Å². The molecule has 4 nitrogen and oxygen atoms in total. The van der Waals surface area contributed by atoms with Gasteiger partial charge in [0.2, 0.25) is 0 Å². The molecular formula is C14H23N3O. The molecule has 0 aliphatic carbocycles. The van der Waals surface area contributed by atoms with Crippen LogP contribution in [0.4, 0.5) is 11.6 Å². The number of hydrogen-bond acceptors (Lipinski definition) is 4. The van der Waals surface area contributed by atoms with Gasteiger partial charge in [-0.25, -0.2) is 4.98 Å². The van der Waals surface area contributed by atoms with Crippen LogP contribution in [0.3, 0.4) is 0 Å². The van der Waals surface area contributed by atoms with Crippen LogP contribution in [0.1, 0.15) is 26.2 Å². The molecule has 0 radical (unpaired) electrons. The first-order valence-electron chi connectivity index (χ1n) is 6.90. The molecule has 0 atom stereocenters. The molecule has 0 spiro atoms. The second-order valence-electron chi connectivity index (χ2n) is 4.92. The molecule has 1 aliphatic heterocycles. The molecule has 1 aromatic heterocycles. The molecule has 2 heterocycles. The lowest BCUT2D eigenvalue weighted by atomic mass is 9.98. The van der Waals surface area contributed by atoms with Gasteiger partial charge in [-0.2, -0.15) is 0 Å². The maximum absolute atomic E-state index is 9.14. The fraction of sp³-hybridized carbons (Fsp3) is 0.643. The number of anilines is 2. The zero-order chi connectivity index (χ0) is 12.8. The zero-order valence-electron chi connectivity index (χ0n) is 11.1. The van der Waals surface area contributed by atoms with Gasteiger partial charge in [0.05, 0.1) is 0 Å². The van der Waals surface area contributed by atoms with Crippen molar-refractivity contribution < 1.29 is 5.11 Å². The van der Waals surface area contributed by atoms with Gasteiger partial charge in [-0.15, -0.1) is 0 Å². The third-order valence-corrected chi connectivity index (χ3v) is 3.49. The molecule has 0 unspecified atom stereocenters. The van der Waals surface area contributed by atoms with E-state index in [1.165, 1.54) is 0 Å². The van der Waals surface area contributed by atoms with Gasteiger partial charge in [0.1, 0.15) is 11.6 Å². The van der Waals surface area contributed by atoms with Crippen molar-refractivity contribution in [1.29, 1.82) is 0 Å². The minimum atomic E-state index is 0.319. The van der Waals surface area contributed by atoms with Gasteiger partial charge in [0.25, 0.3) is 0 Å². The summed E-state index contributed by atoms with van der Waals surface area (Å²) in [4.78, 5) is 6.95. The first kappa shape index (κ1) is 13.1. The van der Waals surface area contributed by atoms with E-state index in [-0.39, 0.29) is 0 Å². The average molecular weight is 249 g/mol. The van der Waals surface area contributed by atoms with Crippen LogP contribution in [0.5, 0.6) is 0 Å². The predicted octanol–water partition coefficient (Wildman–Crippen LogP) is 2.11. The number of nitrogens with zero attached hydrogens (tertiary/aromatic N) is 2. The topological polar surface area (TPSA) is 48.4 Å². The van der Waals surface area contributed by atoms with E-state index in [0.29, 0.717) is 12.5 Å². The summed E-state index contributed by atoms with van der Waals surface area (Å²) in [6.45, 7) is 5.42. The summed E-state index contributed by atoms with van der Waals surface area (Å²) in [5.41, 5.74) is 0. The van der Waals surface area contributed by atoms with Crippen LogP contribution in [0.2, 0.25) is 0 Å². The van der Waals surface area contributed by atoms with Gasteiger partial charge in [-0.3, -0.25) is 0 Å². The summed E-state index contributed by atoms with van der Waals surface area (Å²) in [6, 6.07) is 6.13. The molecule has 2 rings (SSSR count). The second-order valence-corrected chi connectivity index (χ2v) is 4.92. The fourth-order valence-electron chi connectivity index (χ4n) is 2.30. The van der Waals surface area contributed by atoms with E-state index in [9.17, 15) is 0 Å². The molecule has 4 heteroatoms. The highest BCUT2D eigenvalue weighted by atomic mass is 16.3. The Kier molecular flexibility index (Phi) is 4.81. The molecule has 1 aromatic rings. The quantitative estimate of drug-likeness (QED) is 0.839. The monoisotopic (exact) mass is 249 g/mol. The maximum Gasteiger partial charge on any atom is 0.130 e. The second kappa shape index (κ2) is 6.59. The lowest BCUT2D eigenvalue weighted by Gasteiger charge is -2.32. The van der Waals surface area contributed by atoms with Crippen molar-refractivity contribution >= 4 is 11.6 Å². The minimum Gasteiger partial charge on any atom is -0.396 e. The van der Waals surface area contributed by atoms with E-state index in [4.69, 9.17) is 5.11 Å². The number of hydrogen-bond donors (Lipinski definition) is 2. The van der Waals surface area contributed by atoms with Crippen LogP contribution in [0.25, 0.3) is 0 Å². The lowest BCUT2D eigenvalue weighted by molar-refractivity contribution is 0.203. The Morgan fingerprint density at radius 3 is 2.83 bits per heavy atom. The van der Waals surface area contributed by atoms with Crippen molar-refractivity contribution in [2.24, 2.45) is 5.92 Å². The van der Waals surface area contributed by atoms with Crippen molar-refractivity contribution in [3.05, 3.63) is 18.2 Å². The summed E-state index contributed by atoms with van der Waals surface area (Å²) < 4.78 is 0. The van der Waals surface area contributed by atoms with Crippen molar-refractivity contribution in [3.8, 4) is 0 Å². The van der Waals surface area contributed by atoms with Gasteiger partial charge in [0, 0.05) is 26.2 Å². The molecule has 0 saturated carbocycles. The summed E-state index contributed by atoms with van der Waals surface area (Å²) >= 11 is 0. The lowest BCUT2D eigenvalue weighted by Crippen LogP contribution is -2.35. The average Bonchev–Trinajstić information content (AvgIpc) is 2.45. The molecule has 2 N–H and O–H groups in total.